The van der Waals surface area contributed by atoms with Crippen molar-refractivity contribution in [1.82, 2.24) is 4.90 Å². The van der Waals surface area contributed by atoms with Gasteiger partial charge in [0.2, 0.25) is 0 Å². The van der Waals surface area contributed by atoms with Gasteiger partial charge in [0.1, 0.15) is 5.76 Å². The maximum atomic E-state index is 13.0. The van der Waals surface area contributed by atoms with Gasteiger partial charge in [0.25, 0.3) is 11.8 Å². The molecule has 136 valence electrons. The number of carbonyl (C=O) groups excluding carboxylic acids is 2. The van der Waals surface area contributed by atoms with Gasteiger partial charge in [-0.2, -0.15) is 0 Å². The van der Waals surface area contributed by atoms with Crippen molar-refractivity contribution in [3.8, 4) is 0 Å². The van der Waals surface area contributed by atoms with Crippen molar-refractivity contribution >= 4 is 29.1 Å². The standard InChI is InChI=1S/C21H23NO3S/c1-13(2)11-22-20(23)18(16-8-7-14(3)15(4)10-16)19(21(22)24)26-12-17-6-5-9-25-17/h5-10,13H,11-12H2,1-4H3. The molecule has 0 N–H and O–H groups in total. The Morgan fingerprint density at radius 1 is 1.08 bits per heavy atom. The highest BCUT2D eigenvalue weighted by Crippen LogP contribution is 2.38. The Labute approximate surface area is 158 Å². The van der Waals surface area contributed by atoms with E-state index in [1.165, 1.54) is 16.7 Å². The third kappa shape index (κ3) is 3.63. The molecule has 0 bridgehead atoms. The second kappa shape index (κ2) is 7.54. The summed E-state index contributed by atoms with van der Waals surface area (Å²) in [6.45, 7) is 8.49. The highest BCUT2D eigenvalue weighted by atomic mass is 32.2. The summed E-state index contributed by atoms with van der Waals surface area (Å²) in [7, 11) is 0. The minimum atomic E-state index is -0.200. The first kappa shape index (κ1) is 18.5. The zero-order chi connectivity index (χ0) is 18.8. The summed E-state index contributed by atoms with van der Waals surface area (Å²) in [5.41, 5.74) is 3.58. The Morgan fingerprint density at radius 3 is 2.46 bits per heavy atom. The predicted octanol–water partition coefficient (Wildman–Crippen LogP) is 4.57. The van der Waals surface area contributed by atoms with Crippen molar-refractivity contribution in [3.05, 3.63) is 64.0 Å². The molecule has 0 fully saturated rings. The number of thioether (sulfide) groups is 1. The van der Waals surface area contributed by atoms with Crippen LogP contribution >= 0.6 is 11.8 Å². The first-order valence-electron chi connectivity index (χ1n) is 8.71. The van der Waals surface area contributed by atoms with Gasteiger partial charge in [0.05, 0.1) is 22.5 Å². The summed E-state index contributed by atoms with van der Waals surface area (Å²) < 4.78 is 5.37. The molecule has 0 spiro atoms. The quantitative estimate of drug-likeness (QED) is 0.700. The van der Waals surface area contributed by atoms with Crippen molar-refractivity contribution in [2.24, 2.45) is 5.92 Å². The first-order chi connectivity index (χ1) is 12.4. The zero-order valence-electron chi connectivity index (χ0n) is 15.5. The van der Waals surface area contributed by atoms with Gasteiger partial charge in [-0.05, 0) is 48.6 Å². The lowest BCUT2D eigenvalue weighted by Gasteiger charge is -2.17. The number of nitrogens with zero attached hydrogens (tertiary/aromatic N) is 1. The highest BCUT2D eigenvalue weighted by molar-refractivity contribution is 8.03. The van der Waals surface area contributed by atoms with Crippen LogP contribution in [0.1, 0.15) is 36.3 Å². The largest absolute Gasteiger partial charge is 0.468 e. The van der Waals surface area contributed by atoms with Gasteiger partial charge < -0.3 is 4.42 Å². The van der Waals surface area contributed by atoms with E-state index in [1.807, 2.05) is 58.0 Å². The number of carbonyl (C=O) groups is 2. The second-order valence-corrected chi connectivity index (χ2v) is 7.97. The van der Waals surface area contributed by atoms with Crippen LogP contribution in [0.3, 0.4) is 0 Å². The predicted molar refractivity (Wildman–Crippen MR) is 104 cm³/mol. The number of hydrogen-bond acceptors (Lipinski definition) is 4. The molecule has 0 radical (unpaired) electrons. The fourth-order valence-corrected chi connectivity index (χ4v) is 3.94. The average molecular weight is 369 g/mol. The van der Waals surface area contributed by atoms with Crippen LogP contribution in [0.5, 0.6) is 0 Å². The molecule has 3 rings (SSSR count). The molecule has 2 heterocycles. The fourth-order valence-electron chi connectivity index (χ4n) is 2.91. The van der Waals surface area contributed by atoms with E-state index < -0.39 is 0 Å². The van der Waals surface area contributed by atoms with Crippen molar-refractivity contribution in [1.29, 1.82) is 0 Å². The smallest absolute Gasteiger partial charge is 0.268 e. The highest BCUT2D eigenvalue weighted by Gasteiger charge is 2.39. The van der Waals surface area contributed by atoms with E-state index in [2.05, 4.69) is 0 Å². The van der Waals surface area contributed by atoms with Gasteiger partial charge in [-0.3, -0.25) is 14.5 Å². The van der Waals surface area contributed by atoms with Crippen molar-refractivity contribution < 1.29 is 14.0 Å². The van der Waals surface area contributed by atoms with Crippen LogP contribution in [0, 0.1) is 19.8 Å². The van der Waals surface area contributed by atoms with Gasteiger partial charge in [-0.25, -0.2) is 0 Å². The Balaban J connectivity index is 2.00. The molecule has 1 aromatic heterocycles. The van der Waals surface area contributed by atoms with Crippen LogP contribution in [-0.2, 0) is 15.3 Å². The summed E-state index contributed by atoms with van der Waals surface area (Å²) in [6, 6.07) is 9.60. The normalized spacial score (nSPS) is 14.9. The maximum Gasteiger partial charge on any atom is 0.268 e. The number of imide groups is 1. The Hall–Kier alpha value is -2.27. The number of hydrogen-bond donors (Lipinski definition) is 0. The van der Waals surface area contributed by atoms with Crippen molar-refractivity contribution in [2.45, 2.75) is 33.4 Å². The van der Waals surface area contributed by atoms with Crippen LogP contribution in [0.2, 0.25) is 0 Å². The molecule has 2 amide bonds. The molecule has 26 heavy (non-hydrogen) atoms. The molecule has 1 aromatic carbocycles. The topological polar surface area (TPSA) is 50.5 Å². The van der Waals surface area contributed by atoms with Gasteiger partial charge in [-0.15, -0.1) is 11.8 Å². The average Bonchev–Trinajstić information content (AvgIpc) is 3.18. The molecule has 0 unspecified atom stereocenters. The van der Waals surface area contributed by atoms with Crippen LogP contribution in [0.25, 0.3) is 5.57 Å². The van der Waals surface area contributed by atoms with E-state index in [-0.39, 0.29) is 17.7 Å². The summed E-state index contributed by atoms with van der Waals surface area (Å²) in [4.78, 5) is 27.9. The van der Waals surface area contributed by atoms with Crippen LogP contribution in [0.15, 0.2) is 45.9 Å². The molecule has 1 aliphatic rings. The van der Waals surface area contributed by atoms with Crippen LogP contribution in [-0.4, -0.2) is 23.3 Å². The molecule has 0 saturated carbocycles. The molecular formula is C21H23NO3S. The monoisotopic (exact) mass is 369 g/mol. The minimum absolute atomic E-state index is 0.200. The number of furan rings is 1. The van der Waals surface area contributed by atoms with E-state index in [0.717, 1.165) is 22.5 Å². The molecule has 2 aromatic rings. The van der Waals surface area contributed by atoms with E-state index in [4.69, 9.17) is 4.42 Å². The number of benzene rings is 1. The van der Waals surface area contributed by atoms with Gasteiger partial charge in [0.15, 0.2) is 0 Å². The molecule has 0 saturated heterocycles. The number of amides is 2. The zero-order valence-corrected chi connectivity index (χ0v) is 16.4. The Kier molecular flexibility index (Phi) is 5.37. The third-order valence-corrected chi connectivity index (χ3v) is 5.50. The molecular weight excluding hydrogens is 346 g/mol. The lowest BCUT2D eigenvalue weighted by atomic mass is 10.0. The lowest BCUT2D eigenvalue weighted by molar-refractivity contribution is -0.137. The van der Waals surface area contributed by atoms with Crippen LogP contribution in [0.4, 0.5) is 0 Å². The molecule has 0 aliphatic carbocycles. The summed E-state index contributed by atoms with van der Waals surface area (Å²) >= 11 is 1.37. The van der Waals surface area contributed by atoms with Gasteiger partial charge in [-0.1, -0.05) is 32.0 Å². The Morgan fingerprint density at radius 2 is 1.85 bits per heavy atom. The molecule has 0 atom stereocenters. The lowest BCUT2D eigenvalue weighted by Crippen LogP contribution is -2.34. The van der Waals surface area contributed by atoms with E-state index >= 15 is 0 Å². The van der Waals surface area contributed by atoms with Gasteiger partial charge in [0, 0.05) is 6.54 Å². The Bertz CT molecular complexity index is 865. The molecule has 1 aliphatic heterocycles. The van der Waals surface area contributed by atoms with E-state index in [0.29, 0.717) is 22.8 Å². The van der Waals surface area contributed by atoms with Crippen LogP contribution < -0.4 is 0 Å². The van der Waals surface area contributed by atoms with Gasteiger partial charge >= 0.3 is 0 Å². The molecule has 4 nitrogen and oxygen atoms in total. The van der Waals surface area contributed by atoms with E-state index in [1.54, 1.807) is 6.26 Å². The van der Waals surface area contributed by atoms with Crippen molar-refractivity contribution in [3.63, 3.8) is 0 Å². The fraction of sp³-hybridized carbons (Fsp3) is 0.333. The maximum absolute atomic E-state index is 13.0. The van der Waals surface area contributed by atoms with E-state index in [9.17, 15) is 9.59 Å². The first-order valence-corrected chi connectivity index (χ1v) is 9.70. The minimum Gasteiger partial charge on any atom is -0.468 e. The third-order valence-electron chi connectivity index (χ3n) is 4.41. The summed E-state index contributed by atoms with van der Waals surface area (Å²) in [5, 5.41) is 0. The number of rotatable bonds is 6. The second-order valence-electron chi connectivity index (χ2n) is 6.99. The SMILES string of the molecule is Cc1ccc(C2=C(SCc3ccco3)C(=O)N(CC(C)C)C2=O)cc1C. The van der Waals surface area contributed by atoms with Crippen molar-refractivity contribution in [2.75, 3.05) is 6.54 Å². The number of aryl methyl sites for hydroxylation is 2. The summed E-state index contributed by atoms with van der Waals surface area (Å²) in [5.74, 6) is 1.12. The summed E-state index contributed by atoms with van der Waals surface area (Å²) in [6.07, 6.45) is 1.61. The molecule has 5 heteroatoms.